The Hall–Kier alpha value is -1.02. The average Bonchev–Trinajstić information content (AvgIpc) is 3.31. The van der Waals surface area contributed by atoms with Gasteiger partial charge in [-0.3, -0.25) is 9.36 Å². The number of carbonyl (C=O) groups is 1. The maximum Gasteiger partial charge on any atom is 0.268 e. The number of likely N-dealkylation sites (N-methyl/N-ethyl adjacent to an activating group) is 1. The summed E-state index contributed by atoms with van der Waals surface area (Å²) in [4.78, 5) is 25.5. The maximum atomic E-state index is 13.0. The van der Waals surface area contributed by atoms with Crippen molar-refractivity contribution in [2.24, 2.45) is 0 Å². The first-order valence-corrected chi connectivity index (χ1v) is 31.7. The van der Waals surface area contributed by atoms with Gasteiger partial charge in [-0.15, -0.1) is 0 Å². The summed E-state index contributed by atoms with van der Waals surface area (Å²) in [5.41, 5.74) is 0. The fraction of sp³-hybridized carbons (Fsp3) is 0.917. The van der Waals surface area contributed by atoms with E-state index in [1.54, 1.807) is 6.08 Å². The van der Waals surface area contributed by atoms with Crippen LogP contribution in [-0.4, -0.2) is 68.5 Å². The first kappa shape index (κ1) is 68.0. The largest absolute Gasteiger partial charge is 0.756 e. The van der Waals surface area contributed by atoms with Crippen molar-refractivity contribution in [3.8, 4) is 0 Å². The van der Waals surface area contributed by atoms with Crippen molar-refractivity contribution in [3.63, 3.8) is 0 Å². The van der Waals surface area contributed by atoms with E-state index in [1.165, 1.54) is 244 Å². The van der Waals surface area contributed by atoms with Gasteiger partial charge in [0.2, 0.25) is 5.91 Å². The van der Waals surface area contributed by atoms with Crippen LogP contribution in [0.25, 0.3) is 0 Å². The summed E-state index contributed by atoms with van der Waals surface area (Å²) in [5, 5.41) is 13.9. The van der Waals surface area contributed by atoms with Gasteiger partial charge >= 0.3 is 0 Å². The molecule has 0 saturated heterocycles. The number of phosphoric acid groups is 1. The third-order valence-electron chi connectivity index (χ3n) is 13.9. The average molecular weight is 996 g/mol. The fourth-order valence-electron chi connectivity index (χ4n) is 9.17. The molecule has 0 rings (SSSR count). The van der Waals surface area contributed by atoms with E-state index in [2.05, 4.69) is 31.3 Å². The molecule has 0 aliphatic rings. The maximum absolute atomic E-state index is 13.0. The number of aliphatic hydroxyl groups is 1. The minimum absolute atomic E-state index is 0.00380. The minimum atomic E-state index is -4.60. The van der Waals surface area contributed by atoms with Gasteiger partial charge in [-0.05, 0) is 32.1 Å². The molecule has 0 fully saturated rings. The number of aliphatic hydroxyl groups excluding tert-OH is 1. The molecule has 0 aromatic heterocycles. The van der Waals surface area contributed by atoms with Crippen LogP contribution in [0.4, 0.5) is 0 Å². The zero-order chi connectivity index (χ0) is 50.6. The second-order valence-corrected chi connectivity index (χ2v) is 23.5. The van der Waals surface area contributed by atoms with E-state index in [0.717, 1.165) is 38.5 Å². The molecule has 0 saturated carbocycles. The molecule has 410 valence electrons. The first-order valence-electron chi connectivity index (χ1n) is 30.2. The number of rotatable bonds is 56. The van der Waals surface area contributed by atoms with Crippen LogP contribution in [0.5, 0.6) is 0 Å². The van der Waals surface area contributed by atoms with E-state index < -0.39 is 20.0 Å². The molecule has 69 heavy (non-hydrogen) atoms. The van der Waals surface area contributed by atoms with Crippen molar-refractivity contribution in [3.05, 3.63) is 24.3 Å². The monoisotopic (exact) mass is 995 g/mol. The molecule has 3 atom stereocenters. The summed E-state index contributed by atoms with van der Waals surface area (Å²) in [7, 11) is 1.26. The molecular weight excluding hydrogens is 876 g/mol. The lowest BCUT2D eigenvalue weighted by Crippen LogP contribution is -2.45. The van der Waals surface area contributed by atoms with Gasteiger partial charge < -0.3 is 28.8 Å². The summed E-state index contributed by atoms with van der Waals surface area (Å²) in [6.45, 7) is 4.67. The zero-order valence-electron chi connectivity index (χ0n) is 46.8. The molecule has 8 nitrogen and oxygen atoms in total. The van der Waals surface area contributed by atoms with Crippen LogP contribution in [0, 0.1) is 0 Å². The number of nitrogens with zero attached hydrogens (tertiary/aromatic N) is 1. The molecule has 0 radical (unpaired) electrons. The molecule has 2 N–H and O–H groups in total. The van der Waals surface area contributed by atoms with Gasteiger partial charge in [0, 0.05) is 6.42 Å². The lowest BCUT2D eigenvalue weighted by Gasteiger charge is -2.29. The van der Waals surface area contributed by atoms with Crippen molar-refractivity contribution in [2.75, 3.05) is 40.9 Å². The standard InChI is InChI=1S/C60H119N2O6P/c1-6-8-10-12-14-16-18-20-22-24-25-26-27-28-29-30-31-32-33-34-35-36-37-38-40-42-44-46-48-50-52-54-60(64)61-58(57-68-69(65,66)67-56-55-62(3,4)5)59(63)53-51-49-47-45-43-41-39-23-21-19-17-15-13-11-9-7-2/h43,45,51,53,58-59,63H,6-42,44,46-50,52,54-57H2,1-5H3,(H-,61,64,65,66)/b45-43+,53-51+. The van der Waals surface area contributed by atoms with Gasteiger partial charge in [0.1, 0.15) is 13.2 Å². The second-order valence-electron chi connectivity index (χ2n) is 22.1. The lowest BCUT2D eigenvalue weighted by atomic mass is 10.0. The van der Waals surface area contributed by atoms with Gasteiger partial charge in [0.25, 0.3) is 7.82 Å². The van der Waals surface area contributed by atoms with E-state index in [4.69, 9.17) is 9.05 Å². The Morgan fingerprint density at radius 3 is 1.17 bits per heavy atom. The van der Waals surface area contributed by atoms with E-state index in [-0.39, 0.29) is 19.1 Å². The van der Waals surface area contributed by atoms with E-state index in [0.29, 0.717) is 17.4 Å². The summed E-state index contributed by atoms with van der Waals surface area (Å²) in [6.07, 6.45) is 65.7. The molecule has 9 heteroatoms. The van der Waals surface area contributed by atoms with Gasteiger partial charge in [0.15, 0.2) is 0 Å². The van der Waals surface area contributed by atoms with Crippen LogP contribution in [-0.2, 0) is 18.4 Å². The molecule has 0 aromatic rings. The fourth-order valence-corrected chi connectivity index (χ4v) is 9.90. The number of amides is 1. The number of hydrogen-bond acceptors (Lipinski definition) is 6. The summed E-state index contributed by atoms with van der Waals surface area (Å²) in [5.74, 6) is -0.201. The number of nitrogens with one attached hydrogen (secondary N) is 1. The number of hydrogen-bond donors (Lipinski definition) is 2. The highest BCUT2D eigenvalue weighted by molar-refractivity contribution is 7.45. The number of carbonyl (C=O) groups excluding carboxylic acids is 1. The molecule has 0 aliphatic carbocycles. The Balaban J connectivity index is 4.05. The van der Waals surface area contributed by atoms with Crippen molar-refractivity contribution in [1.29, 1.82) is 0 Å². The zero-order valence-corrected chi connectivity index (χ0v) is 47.7. The molecular formula is C60H119N2O6P. The summed E-state index contributed by atoms with van der Waals surface area (Å²) >= 11 is 0. The van der Waals surface area contributed by atoms with Gasteiger partial charge in [-0.25, -0.2) is 0 Å². The quantitative estimate of drug-likeness (QED) is 0.0272. The number of unbranched alkanes of at least 4 members (excludes halogenated alkanes) is 41. The third kappa shape index (κ3) is 54.6. The highest BCUT2D eigenvalue weighted by Crippen LogP contribution is 2.38. The molecule has 0 aliphatic heterocycles. The Morgan fingerprint density at radius 2 is 0.812 bits per heavy atom. The molecule has 1 amide bonds. The number of phosphoric ester groups is 1. The van der Waals surface area contributed by atoms with Crippen LogP contribution < -0.4 is 10.2 Å². The van der Waals surface area contributed by atoms with E-state index >= 15 is 0 Å². The number of quaternary nitrogens is 1. The summed E-state index contributed by atoms with van der Waals surface area (Å²) < 4.78 is 23.3. The Kier molecular flexibility index (Phi) is 51.1. The highest BCUT2D eigenvalue weighted by Gasteiger charge is 2.23. The van der Waals surface area contributed by atoms with Crippen LogP contribution in [0.15, 0.2) is 24.3 Å². The van der Waals surface area contributed by atoms with Crippen molar-refractivity contribution in [1.82, 2.24) is 5.32 Å². The highest BCUT2D eigenvalue weighted by atomic mass is 31.2. The lowest BCUT2D eigenvalue weighted by molar-refractivity contribution is -0.870. The van der Waals surface area contributed by atoms with Crippen LogP contribution in [0.2, 0.25) is 0 Å². The summed E-state index contributed by atoms with van der Waals surface area (Å²) in [6, 6.07) is -0.900. The molecule has 0 aromatic carbocycles. The smallest absolute Gasteiger partial charge is 0.268 e. The molecule has 0 bridgehead atoms. The third-order valence-corrected chi connectivity index (χ3v) is 14.9. The Morgan fingerprint density at radius 1 is 0.493 bits per heavy atom. The van der Waals surface area contributed by atoms with Gasteiger partial charge in [-0.2, -0.15) is 0 Å². The van der Waals surface area contributed by atoms with Crippen LogP contribution in [0.1, 0.15) is 303 Å². The van der Waals surface area contributed by atoms with Crippen molar-refractivity contribution >= 4 is 13.7 Å². The van der Waals surface area contributed by atoms with Crippen LogP contribution >= 0.6 is 7.82 Å². The number of allylic oxidation sites excluding steroid dienone is 3. The Labute approximate surface area is 430 Å². The van der Waals surface area contributed by atoms with Gasteiger partial charge in [0.05, 0.1) is 39.9 Å². The predicted molar refractivity (Wildman–Crippen MR) is 298 cm³/mol. The topological polar surface area (TPSA) is 108 Å². The van der Waals surface area contributed by atoms with E-state index in [1.807, 2.05) is 27.2 Å². The Bertz CT molecular complexity index is 1170. The van der Waals surface area contributed by atoms with Crippen molar-refractivity contribution < 1.29 is 32.9 Å². The van der Waals surface area contributed by atoms with E-state index in [9.17, 15) is 19.4 Å². The first-order chi connectivity index (χ1) is 33.5. The predicted octanol–water partition coefficient (Wildman–Crippen LogP) is 17.7. The van der Waals surface area contributed by atoms with Crippen molar-refractivity contribution in [2.45, 2.75) is 315 Å². The SMILES string of the molecule is CCCCCCCCCCCC/C=C/CC/C=C/C(O)C(COP(=O)([O-])OCC[N+](C)(C)C)NC(=O)CCCCCCCCCCCCCCCCCCCCCCCCCCCCCCCCC. The minimum Gasteiger partial charge on any atom is -0.756 e. The normalized spacial score (nSPS) is 14.0. The molecule has 0 spiro atoms. The van der Waals surface area contributed by atoms with Crippen LogP contribution in [0.3, 0.4) is 0 Å². The molecule has 0 heterocycles. The molecule has 3 unspecified atom stereocenters. The second kappa shape index (κ2) is 51.9. The van der Waals surface area contributed by atoms with Gasteiger partial charge in [-0.1, -0.05) is 289 Å².